The van der Waals surface area contributed by atoms with Crippen molar-refractivity contribution in [3.05, 3.63) is 24.3 Å². The summed E-state index contributed by atoms with van der Waals surface area (Å²) in [7, 11) is 0. The minimum atomic E-state index is -0.664. The molecule has 0 aromatic heterocycles. The fraction of sp³-hybridized carbons (Fsp3) is 0.929. The molecule has 0 aromatic rings. The average molecular weight is 1270 g/mol. The minimum absolute atomic E-state index is 0.0213. The molecule has 0 heterocycles. The lowest BCUT2D eigenvalue weighted by Crippen LogP contribution is -2.45. The van der Waals surface area contributed by atoms with Gasteiger partial charge in [0.25, 0.3) is 0 Å². The van der Waals surface area contributed by atoms with Crippen LogP contribution in [0.2, 0.25) is 0 Å². The molecule has 0 rings (SSSR count). The van der Waals surface area contributed by atoms with Crippen molar-refractivity contribution in [2.75, 3.05) is 13.2 Å². The molecular formula is C84H163NO5. The van der Waals surface area contributed by atoms with Gasteiger partial charge in [-0.3, -0.25) is 9.59 Å². The molecular weight excluding hydrogens is 1100 g/mol. The van der Waals surface area contributed by atoms with Crippen molar-refractivity contribution in [3.8, 4) is 0 Å². The van der Waals surface area contributed by atoms with Gasteiger partial charge >= 0.3 is 5.97 Å². The van der Waals surface area contributed by atoms with Gasteiger partial charge in [-0.2, -0.15) is 0 Å². The maximum atomic E-state index is 12.6. The molecule has 0 aliphatic carbocycles. The van der Waals surface area contributed by atoms with E-state index in [0.29, 0.717) is 25.9 Å². The molecule has 0 spiro atoms. The molecule has 6 nitrogen and oxygen atoms in total. The molecule has 0 aliphatic rings. The standard InChI is InChI=1S/C84H163NO5/c1-3-5-7-9-11-13-15-17-18-19-20-21-37-40-43-46-49-53-56-60-64-68-72-76-82(87)81(80-86)85-83(88)77-73-69-65-61-57-54-50-47-44-41-38-35-33-31-29-27-25-23-22-24-26-28-30-32-34-36-39-42-45-48-51-55-59-63-67-71-75-79-90-84(89)78-74-70-66-62-58-52-16-14-12-10-8-6-4-2/h22,24,28,30,81-82,86-87H,3-21,23,25-27,29,31-80H2,1-2H3,(H,85,88)/b24-22-,30-28-. The van der Waals surface area contributed by atoms with Crippen LogP contribution in [0.15, 0.2) is 24.3 Å². The van der Waals surface area contributed by atoms with E-state index in [1.807, 2.05) is 0 Å². The van der Waals surface area contributed by atoms with Gasteiger partial charge < -0.3 is 20.3 Å². The summed E-state index contributed by atoms with van der Waals surface area (Å²) in [6.07, 6.45) is 103. The number of ether oxygens (including phenoxy) is 1. The summed E-state index contributed by atoms with van der Waals surface area (Å²) in [4.78, 5) is 24.6. The van der Waals surface area contributed by atoms with Crippen LogP contribution in [0.3, 0.4) is 0 Å². The summed E-state index contributed by atoms with van der Waals surface area (Å²) >= 11 is 0. The van der Waals surface area contributed by atoms with Crippen LogP contribution < -0.4 is 5.32 Å². The summed E-state index contributed by atoms with van der Waals surface area (Å²) in [5, 5.41) is 23.5. The van der Waals surface area contributed by atoms with Crippen molar-refractivity contribution in [1.82, 2.24) is 5.32 Å². The summed E-state index contributed by atoms with van der Waals surface area (Å²) in [5.41, 5.74) is 0. The van der Waals surface area contributed by atoms with Gasteiger partial charge in [-0.15, -0.1) is 0 Å². The third-order valence-electron chi connectivity index (χ3n) is 19.8. The molecule has 0 fully saturated rings. The number of unbranched alkanes of at least 4 members (excludes halogenated alkanes) is 64. The zero-order chi connectivity index (χ0) is 64.9. The van der Waals surface area contributed by atoms with E-state index in [4.69, 9.17) is 4.74 Å². The van der Waals surface area contributed by atoms with Gasteiger partial charge in [-0.1, -0.05) is 430 Å². The number of carbonyl (C=O) groups excluding carboxylic acids is 2. The summed E-state index contributed by atoms with van der Waals surface area (Å²) < 4.78 is 5.49. The SMILES string of the molecule is CCCCCCCCCCCCCCCCCCCCCCCCCC(O)C(CO)NC(=O)CCCCCCCCCCCCCCCCCCC/C=C\C/C=C\CCCCCCCCCCCCCCCOC(=O)CCCCCCCCCCCCCCC. The van der Waals surface area contributed by atoms with E-state index in [0.717, 1.165) is 44.9 Å². The van der Waals surface area contributed by atoms with Crippen LogP contribution in [0.5, 0.6) is 0 Å². The molecule has 0 aliphatic heterocycles. The number of aliphatic hydroxyl groups is 2. The van der Waals surface area contributed by atoms with Crippen LogP contribution in [0.25, 0.3) is 0 Å². The van der Waals surface area contributed by atoms with Gasteiger partial charge in [-0.05, 0) is 57.8 Å². The Labute approximate surface area is 564 Å². The second kappa shape index (κ2) is 79.8. The first kappa shape index (κ1) is 88.3. The van der Waals surface area contributed by atoms with E-state index >= 15 is 0 Å². The van der Waals surface area contributed by atoms with Crippen LogP contribution in [0, 0.1) is 0 Å². The van der Waals surface area contributed by atoms with Crippen molar-refractivity contribution in [1.29, 1.82) is 0 Å². The van der Waals surface area contributed by atoms with Crippen LogP contribution in [0.1, 0.15) is 476 Å². The molecule has 0 saturated carbocycles. The highest BCUT2D eigenvalue weighted by Crippen LogP contribution is 2.20. The predicted octanol–water partition coefficient (Wildman–Crippen LogP) is 27.6. The number of rotatable bonds is 79. The molecule has 534 valence electrons. The number of esters is 1. The Morgan fingerprint density at radius 2 is 0.556 bits per heavy atom. The van der Waals surface area contributed by atoms with Crippen molar-refractivity contribution < 1.29 is 24.5 Å². The molecule has 90 heavy (non-hydrogen) atoms. The van der Waals surface area contributed by atoms with Gasteiger partial charge in [0, 0.05) is 12.8 Å². The van der Waals surface area contributed by atoms with Crippen LogP contribution >= 0.6 is 0 Å². The smallest absolute Gasteiger partial charge is 0.305 e. The Morgan fingerprint density at radius 3 is 0.844 bits per heavy atom. The highest BCUT2D eigenvalue weighted by atomic mass is 16.5. The Balaban J connectivity index is 3.36. The molecule has 0 saturated heterocycles. The third kappa shape index (κ3) is 75.4. The Morgan fingerprint density at radius 1 is 0.311 bits per heavy atom. The lowest BCUT2D eigenvalue weighted by atomic mass is 10.0. The van der Waals surface area contributed by atoms with E-state index in [1.165, 1.54) is 398 Å². The first-order chi connectivity index (χ1) is 44.5. The molecule has 3 N–H and O–H groups in total. The Kier molecular flexibility index (Phi) is 78.3. The molecule has 0 bridgehead atoms. The second-order valence-electron chi connectivity index (χ2n) is 28.8. The number of amides is 1. The molecule has 2 unspecified atom stereocenters. The second-order valence-corrected chi connectivity index (χ2v) is 28.8. The topological polar surface area (TPSA) is 95.9 Å². The van der Waals surface area contributed by atoms with E-state index in [2.05, 4.69) is 43.5 Å². The van der Waals surface area contributed by atoms with Crippen LogP contribution in [-0.2, 0) is 14.3 Å². The summed E-state index contributed by atoms with van der Waals surface area (Å²) in [6.45, 7) is 5.01. The highest BCUT2D eigenvalue weighted by Gasteiger charge is 2.20. The number of nitrogens with one attached hydrogen (secondary N) is 1. The van der Waals surface area contributed by atoms with E-state index in [9.17, 15) is 19.8 Å². The van der Waals surface area contributed by atoms with Crippen molar-refractivity contribution >= 4 is 11.9 Å². The minimum Gasteiger partial charge on any atom is -0.466 e. The summed E-state index contributed by atoms with van der Waals surface area (Å²) in [5.74, 6) is -0.00497. The predicted molar refractivity (Wildman–Crippen MR) is 398 cm³/mol. The molecule has 0 radical (unpaired) electrons. The van der Waals surface area contributed by atoms with Gasteiger partial charge in [-0.25, -0.2) is 0 Å². The van der Waals surface area contributed by atoms with Gasteiger partial charge in [0.2, 0.25) is 5.91 Å². The fourth-order valence-corrected chi connectivity index (χ4v) is 13.4. The fourth-order valence-electron chi connectivity index (χ4n) is 13.4. The number of hydrogen-bond donors (Lipinski definition) is 3. The van der Waals surface area contributed by atoms with Crippen molar-refractivity contribution in [3.63, 3.8) is 0 Å². The number of aliphatic hydroxyl groups excluding tert-OH is 2. The van der Waals surface area contributed by atoms with E-state index in [-0.39, 0.29) is 18.5 Å². The molecule has 6 heteroatoms. The zero-order valence-corrected chi connectivity index (χ0v) is 61.4. The van der Waals surface area contributed by atoms with E-state index in [1.54, 1.807) is 0 Å². The molecule has 1 amide bonds. The lowest BCUT2D eigenvalue weighted by molar-refractivity contribution is -0.143. The maximum absolute atomic E-state index is 12.6. The highest BCUT2D eigenvalue weighted by molar-refractivity contribution is 5.76. The molecule has 0 aromatic carbocycles. The monoisotopic (exact) mass is 1270 g/mol. The largest absolute Gasteiger partial charge is 0.466 e. The van der Waals surface area contributed by atoms with Gasteiger partial charge in [0.05, 0.1) is 25.4 Å². The lowest BCUT2D eigenvalue weighted by Gasteiger charge is -2.22. The number of hydrogen-bond acceptors (Lipinski definition) is 5. The average Bonchev–Trinajstić information content (AvgIpc) is 3.67. The van der Waals surface area contributed by atoms with Crippen LogP contribution in [-0.4, -0.2) is 47.4 Å². The first-order valence-corrected chi connectivity index (χ1v) is 41.6. The van der Waals surface area contributed by atoms with Gasteiger partial charge in [0.15, 0.2) is 0 Å². The van der Waals surface area contributed by atoms with Gasteiger partial charge in [0.1, 0.15) is 0 Å². The first-order valence-electron chi connectivity index (χ1n) is 41.6. The number of allylic oxidation sites excluding steroid dienone is 4. The summed E-state index contributed by atoms with van der Waals surface area (Å²) in [6, 6.07) is -0.541. The number of carbonyl (C=O) groups is 2. The normalized spacial score (nSPS) is 12.5. The quantitative estimate of drug-likeness (QED) is 0.0320. The van der Waals surface area contributed by atoms with Crippen molar-refractivity contribution in [2.24, 2.45) is 0 Å². The van der Waals surface area contributed by atoms with Crippen molar-refractivity contribution in [2.45, 2.75) is 488 Å². The molecule has 2 atom stereocenters. The Hall–Kier alpha value is -1.66. The van der Waals surface area contributed by atoms with Crippen LogP contribution in [0.4, 0.5) is 0 Å². The third-order valence-corrected chi connectivity index (χ3v) is 19.8. The maximum Gasteiger partial charge on any atom is 0.305 e. The Bertz CT molecular complexity index is 1410. The van der Waals surface area contributed by atoms with E-state index < -0.39 is 12.1 Å². The zero-order valence-electron chi connectivity index (χ0n) is 61.4.